The van der Waals surface area contributed by atoms with Gasteiger partial charge in [0.15, 0.2) is 5.82 Å². The van der Waals surface area contributed by atoms with Gasteiger partial charge in [0.25, 0.3) is 6.43 Å². The number of morpholine rings is 2. The molecule has 3 fully saturated rings. The summed E-state index contributed by atoms with van der Waals surface area (Å²) in [4.78, 5) is 18.1. The minimum Gasteiger partial charge on any atom is -0.378 e. The Morgan fingerprint density at radius 2 is 1.68 bits per heavy atom. The number of benzene rings is 1. The monoisotopic (exact) mass is 559 g/mol. The number of ether oxygens (including phenoxy) is 2. The van der Waals surface area contributed by atoms with Gasteiger partial charge < -0.3 is 19.7 Å². The van der Waals surface area contributed by atoms with Gasteiger partial charge in [-0.05, 0) is 43.7 Å². The van der Waals surface area contributed by atoms with Crippen molar-refractivity contribution in [2.24, 2.45) is 5.92 Å². The molecule has 0 amide bonds. The van der Waals surface area contributed by atoms with E-state index in [1.807, 2.05) is 6.07 Å². The van der Waals surface area contributed by atoms with Crippen molar-refractivity contribution in [1.29, 1.82) is 0 Å². The zero-order valence-electron chi connectivity index (χ0n) is 22.5. The summed E-state index contributed by atoms with van der Waals surface area (Å²) in [5.74, 6) is 1.51. The zero-order chi connectivity index (χ0) is 27.5. The number of alkyl halides is 3. The average molecular weight is 560 g/mol. The first-order valence-electron chi connectivity index (χ1n) is 14.2. The number of nitrogens with zero attached hydrogens (tertiary/aromatic N) is 6. The molecule has 40 heavy (non-hydrogen) atoms. The van der Waals surface area contributed by atoms with E-state index in [0.717, 1.165) is 32.2 Å². The summed E-state index contributed by atoms with van der Waals surface area (Å²) in [6.07, 6.45) is 1.31. The second-order valence-corrected chi connectivity index (χ2v) is 10.8. The van der Waals surface area contributed by atoms with Crippen molar-refractivity contribution in [3.8, 4) is 5.82 Å². The summed E-state index contributed by atoms with van der Waals surface area (Å²) in [5.41, 5.74) is 1.06. The summed E-state index contributed by atoms with van der Waals surface area (Å²) in [5, 5.41) is 3.41. The van der Waals surface area contributed by atoms with E-state index in [2.05, 4.69) is 20.1 Å². The molecule has 1 saturated carbocycles. The summed E-state index contributed by atoms with van der Waals surface area (Å²) in [6, 6.07) is 9.10. The highest BCUT2D eigenvalue weighted by Gasteiger charge is 2.32. The number of rotatable bonds is 8. The molecule has 2 aliphatic heterocycles. The van der Waals surface area contributed by atoms with Crippen molar-refractivity contribution < 1.29 is 22.6 Å². The first kappa shape index (κ1) is 27.2. The molecule has 3 aromatic rings. The maximum atomic E-state index is 14.1. The predicted molar refractivity (Wildman–Crippen MR) is 146 cm³/mol. The number of para-hydroxylation sites is 2. The van der Waals surface area contributed by atoms with E-state index >= 15 is 0 Å². The highest BCUT2D eigenvalue weighted by atomic mass is 19.3. The third kappa shape index (κ3) is 5.75. The molecule has 12 heteroatoms. The quantitative estimate of drug-likeness (QED) is 0.439. The van der Waals surface area contributed by atoms with Crippen molar-refractivity contribution in [3.63, 3.8) is 0 Å². The van der Waals surface area contributed by atoms with Gasteiger partial charge in [0.2, 0.25) is 5.95 Å². The van der Waals surface area contributed by atoms with Gasteiger partial charge in [-0.15, -0.1) is 0 Å². The van der Waals surface area contributed by atoms with Crippen LogP contribution in [0.3, 0.4) is 0 Å². The molecular formula is C28H36F3N7O2. The van der Waals surface area contributed by atoms with Gasteiger partial charge in [-0.25, -0.2) is 18.2 Å². The molecule has 1 aromatic carbocycles. The molecule has 216 valence electrons. The van der Waals surface area contributed by atoms with Crippen LogP contribution < -0.4 is 10.2 Å². The van der Waals surface area contributed by atoms with Gasteiger partial charge in [0.05, 0.1) is 43.5 Å². The molecule has 6 rings (SSSR count). The lowest BCUT2D eigenvalue weighted by molar-refractivity contribution is -0.0455. The van der Waals surface area contributed by atoms with E-state index in [4.69, 9.17) is 19.4 Å². The van der Waals surface area contributed by atoms with Crippen LogP contribution in [0.15, 0.2) is 30.3 Å². The Kier molecular flexibility index (Phi) is 8.35. The molecule has 3 aliphatic rings. The SMILES string of the molecule is FC[C@@H]1COCCN1[C@H]1CC[C@@H](CNc2nc(N3CCOCC3)cc(-n3c(C(F)F)nc4ccccc43)n2)CC1. The third-order valence-electron chi connectivity index (χ3n) is 8.33. The fourth-order valence-corrected chi connectivity index (χ4v) is 6.20. The first-order chi connectivity index (χ1) is 19.6. The Balaban J connectivity index is 1.22. The summed E-state index contributed by atoms with van der Waals surface area (Å²) in [6.45, 7) is 4.70. The van der Waals surface area contributed by atoms with Crippen LogP contribution in [0.4, 0.5) is 24.9 Å². The normalized spacial score (nSPS) is 24.6. The van der Waals surface area contributed by atoms with Crippen LogP contribution in [-0.2, 0) is 9.47 Å². The molecule has 1 N–H and O–H groups in total. The lowest BCUT2D eigenvalue weighted by Crippen LogP contribution is -2.52. The Labute approximate surface area is 231 Å². The number of hydrogen-bond donors (Lipinski definition) is 1. The van der Waals surface area contributed by atoms with Crippen LogP contribution in [0.5, 0.6) is 0 Å². The molecule has 0 unspecified atom stereocenters. The summed E-state index contributed by atoms with van der Waals surface area (Å²) in [7, 11) is 0. The lowest BCUT2D eigenvalue weighted by atomic mass is 9.84. The standard InChI is InChI=1S/C28H36F3N7O2/c29-16-21-18-40-14-11-37(21)20-7-5-19(6-8-20)17-32-28-34-24(36-9-12-39-13-10-36)15-25(35-28)38-23-4-2-1-3-22(23)33-27(38)26(30)31/h1-4,15,19-21,26H,5-14,16-18H2,(H,32,34,35)/t19-,20+,21-/m1/s1. The average Bonchev–Trinajstić information content (AvgIpc) is 3.41. The van der Waals surface area contributed by atoms with Crippen molar-refractivity contribution >= 4 is 22.8 Å². The van der Waals surface area contributed by atoms with Crippen LogP contribution >= 0.6 is 0 Å². The summed E-state index contributed by atoms with van der Waals surface area (Å²) < 4.78 is 54.2. The number of nitrogens with one attached hydrogen (secondary N) is 1. The van der Waals surface area contributed by atoms with Gasteiger partial charge in [0.1, 0.15) is 18.3 Å². The molecule has 0 spiro atoms. The Hall–Kier alpha value is -2.96. The minimum absolute atomic E-state index is 0.138. The van der Waals surface area contributed by atoms with E-state index in [1.54, 1.807) is 24.3 Å². The molecule has 2 aromatic heterocycles. The molecule has 1 atom stereocenters. The van der Waals surface area contributed by atoms with E-state index in [-0.39, 0.29) is 18.5 Å². The van der Waals surface area contributed by atoms with Gasteiger partial charge in [0, 0.05) is 38.3 Å². The first-order valence-corrected chi connectivity index (χ1v) is 14.2. The summed E-state index contributed by atoms with van der Waals surface area (Å²) >= 11 is 0. The smallest absolute Gasteiger partial charge is 0.296 e. The Morgan fingerprint density at radius 3 is 2.45 bits per heavy atom. The fourth-order valence-electron chi connectivity index (χ4n) is 6.20. The Morgan fingerprint density at radius 1 is 0.925 bits per heavy atom. The molecule has 4 heterocycles. The molecule has 0 bridgehead atoms. The number of imidazole rings is 1. The van der Waals surface area contributed by atoms with Crippen LogP contribution in [0.1, 0.15) is 37.9 Å². The van der Waals surface area contributed by atoms with E-state index < -0.39 is 6.43 Å². The lowest BCUT2D eigenvalue weighted by Gasteiger charge is -2.42. The van der Waals surface area contributed by atoms with E-state index in [0.29, 0.717) is 86.6 Å². The molecule has 2 saturated heterocycles. The highest BCUT2D eigenvalue weighted by Crippen LogP contribution is 2.31. The van der Waals surface area contributed by atoms with Crippen molar-refractivity contribution in [1.82, 2.24) is 24.4 Å². The number of fused-ring (bicyclic) bond motifs is 1. The Bertz CT molecular complexity index is 1280. The number of aromatic nitrogens is 4. The van der Waals surface area contributed by atoms with Gasteiger partial charge in [-0.1, -0.05) is 12.1 Å². The van der Waals surface area contributed by atoms with E-state index in [9.17, 15) is 13.2 Å². The van der Waals surface area contributed by atoms with E-state index in [1.165, 1.54) is 4.57 Å². The second kappa shape index (κ2) is 12.3. The number of anilines is 2. The topological polar surface area (TPSA) is 80.6 Å². The van der Waals surface area contributed by atoms with Crippen LogP contribution in [0.2, 0.25) is 0 Å². The zero-order valence-corrected chi connectivity index (χ0v) is 22.5. The minimum atomic E-state index is -2.76. The molecular weight excluding hydrogens is 523 g/mol. The maximum absolute atomic E-state index is 14.1. The van der Waals surface area contributed by atoms with Crippen molar-refractivity contribution in [2.45, 2.75) is 44.2 Å². The predicted octanol–water partition coefficient (Wildman–Crippen LogP) is 4.23. The maximum Gasteiger partial charge on any atom is 0.296 e. The fraction of sp³-hybridized carbons (Fsp3) is 0.607. The van der Waals surface area contributed by atoms with Gasteiger partial charge in [-0.2, -0.15) is 9.97 Å². The largest absolute Gasteiger partial charge is 0.378 e. The number of hydrogen-bond acceptors (Lipinski definition) is 8. The van der Waals surface area contributed by atoms with Crippen molar-refractivity contribution in [3.05, 3.63) is 36.2 Å². The van der Waals surface area contributed by atoms with Crippen LogP contribution in [-0.4, -0.2) is 95.8 Å². The van der Waals surface area contributed by atoms with Crippen molar-refractivity contribution in [2.75, 3.05) is 69.5 Å². The van der Waals surface area contributed by atoms with Gasteiger partial charge in [-0.3, -0.25) is 9.47 Å². The van der Waals surface area contributed by atoms with Gasteiger partial charge >= 0.3 is 0 Å². The number of halogens is 3. The molecule has 1 aliphatic carbocycles. The third-order valence-corrected chi connectivity index (χ3v) is 8.33. The second-order valence-electron chi connectivity index (χ2n) is 10.8. The van der Waals surface area contributed by atoms with Crippen LogP contribution in [0.25, 0.3) is 16.9 Å². The van der Waals surface area contributed by atoms with Crippen LogP contribution in [0, 0.1) is 5.92 Å². The highest BCUT2D eigenvalue weighted by molar-refractivity contribution is 5.78. The molecule has 9 nitrogen and oxygen atoms in total. The molecule has 0 radical (unpaired) electrons.